The number of aromatic nitrogens is 4. The number of alkyl carbamates (subject to hydrolysis) is 2. The molecule has 2 saturated heterocycles. The molecule has 4 aromatic carbocycles. The van der Waals surface area contributed by atoms with E-state index in [1.807, 2.05) is 66.4 Å². The van der Waals surface area contributed by atoms with Crippen LogP contribution in [0.25, 0.3) is 44.4 Å². The molecule has 4 amide bonds. The maximum Gasteiger partial charge on any atom is 0.407 e. The van der Waals surface area contributed by atoms with Crippen LogP contribution in [0.3, 0.4) is 0 Å². The molecular formula is C47H52N8O6+2. The van der Waals surface area contributed by atoms with Crippen molar-refractivity contribution in [1.29, 1.82) is 0 Å². The van der Waals surface area contributed by atoms with Crippen LogP contribution in [0.2, 0.25) is 0 Å². The van der Waals surface area contributed by atoms with Crippen molar-refractivity contribution < 1.29 is 38.6 Å². The topological polar surface area (TPSA) is 177 Å². The molecule has 4 heterocycles. The van der Waals surface area contributed by atoms with Gasteiger partial charge in [-0.2, -0.15) is 0 Å². The number of hydrogen-bond donors (Lipinski definition) is 4. The molecule has 0 radical (unpaired) electrons. The fraction of sp³-hybridized carbons (Fsp3) is 0.319. The van der Waals surface area contributed by atoms with Crippen LogP contribution in [-0.4, -0.2) is 77.1 Å². The maximum atomic E-state index is 14.0. The van der Waals surface area contributed by atoms with Crippen molar-refractivity contribution in [3.63, 3.8) is 0 Å². The number of rotatable bonds is 11. The summed E-state index contributed by atoms with van der Waals surface area (Å²) in [5, 5.41) is 7.65. The number of methoxy groups -OCH3 is 2. The molecule has 2 aliphatic heterocycles. The molecule has 2 aliphatic rings. The summed E-state index contributed by atoms with van der Waals surface area (Å²) >= 11 is 0. The van der Waals surface area contributed by atoms with Crippen molar-refractivity contribution >= 4 is 34.8 Å². The number of H-pyrrole nitrogens is 4. The van der Waals surface area contributed by atoms with Crippen LogP contribution in [0.5, 0.6) is 0 Å². The molecule has 0 unspecified atom stereocenters. The zero-order valence-electron chi connectivity index (χ0n) is 34.8. The second-order valence-corrected chi connectivity index (χ2v) is 16.1. The number of carbonyl (C=O) groups is 4. The summed E-state index contributed by atoms with van der Waals surface area (Å²) in [6.45, 7) is 5.01. The molecule has 14 nitrogen and oxygen atoms in total. The lowest BCUT2D eigenvalue weighted by atomic mass is 9.98. The van der Waals surface area contributed by atoms with E-state index in [1.54, 1.807) is 0 Å². The lowest BCUT2D eigenvalue weighted by Gasteiger charge is -2.28. The van der Waals surface area contributed by atoms with Gasteiger partial charge >= 0.3 is 12.2 Å². The van der Waals surface area contributed by atoms with Crippen LogP contribution in [0.15, 0.2) is 103 Å². The number of fused-ring (bicyclic) bond motifs is 1. The number of benzene rings is 4. The third kappa shape index (κ3) is 8.56. The van der Waals surface area contributed by atoms with Gasteiger partial charge in [0.15, 0.2) is 11.4 Å². The van der Waals surface area contributed by atoms with E-state index in [9.17, 15) is 19.2 Å². The van der Waals surface area contributed by atoms with Gasteiger partial charge < -0.3 is 29.9 Å². The van der Waals surface area contributed by atoms with Crippen molar-refractivity contribution in [2.24, 2.45) is 5.92 Å². The third-order valence-electron chi connectivity index (χ3n) is 11.9. The zero-order valence-corrected chi connectivity index (χ0v) is 34.8. The predicted octanol–water partition coefficient (Wildman–Crippen LogP) is 6.93. The Morgan fingerprint density at radius 3 is 1.74 bits per heavy atom. The Hall–Kier alpha value is -6.96. The first kappa shape index (κ1) is 40.8. The highest BCUT2D eigenvalue weighted by molar-refractivity contribution is 5.91. The SMILES string of the molecule is COC(=O)N[C@H](C(=O)N1CCC[C@H]1c1[nH]c(-c2ccc(-c3ccc4cc(-c5c[nH+]c([C@@H]6CCCN6C(=O)[C@H](NC(=O)OC)c6ccccc6)[nH]5)ccc4c3)cc2)c[nH+]1)C(C)C. The van der Waals surface area contributed by atoms with Gasteiger partial charge in [0.2, 0.25) is 5.91 Å². The van der Waals surface area contributed by atoms with Crippen LogP contribution in [-0.2, 0) is 19.1 Å². The molecule has 14 heteroatoms. The standard InChI is InChI=1S/C47H50N8O6/c1-28(2)40(52-46(58)60-3)44(56)54-22-8-12-38(54)42-48-26-36(50-42)30-16-14-29(15-17-30)32-18-19-34-25-35(21-20-33(34)24-32)37-27-49-43(51-37)39-13-9-23-55(39)45(57)41(53-47(59)61-4)31-10-6-5-7-11-31/h5-7,10-11,14-21,24-28,38-41H,8-9,12-13,22-23H2,1-4H3,(H,48,50)(H,49,51)(H,52,58)(H,53,59)/p+2/t38-,39-,40-,41+/m0/s1. The quantitative estimate of drug-likeness (QED) is 0.110. The summed E-state index contributed by atoms with van der Waals surface area (Å²) in [4.78, 5) is 69.3. The normalized spacial score (nSPS) is 17.3. The van der Waals surface area contributed by atoms with Gasteiger partial charge in [-0.1, -0.05) is 74.5 Å². The molecule has 61 heavy (non-hydrogen) atoms. The molecule has 0 spiro atoms. The molecular weight excluding hydrogens is 773 g/mol. The van der Waals surface area contributed by atoms with E-state index in [2.05, 4.69) is 91.2 Å². The maximum absolute atomic E-state index is 14.0. The zero-order chi connectivity index (χ0) is 42.6. The minimum Gasteiger partial charge on any atom is -0.453 e. The van der Waals surface area contributed by atoms with Crippen molar-refractivity contribution in [3.8, 4) is 33.6 Å². The van der Waals surface area contributed by atoms with Crippen molar-refractivity contribution in [2.75, 3.05) is 27.3 Å². The number of likely N-dealkylation sites (tertiary alicyclic amines) is 2. The summed E-state index contributed by atoms with van der Waals surface area (Å²) in [7, 11) is 2.59. The van der Waals surface area contributed by atoms with Gasteiger partial charge in [0.1, 0.15) is 36.6 Å². The second kappa shape index (κ2) is 17.7. The number of aromatic amines is 4. The van der Waals surface area contributed by atoms with E-state index in [4.69, 9.17) is 9.47 Å². The number of nitrogens with zero attached hydrogens (tertiary/aromatic N) is 2. The average molecular weight is 825 g/mol. The largest absolute Gasteiger partial charge is 0.453 e. The summed E-state index contributed by atoms with van der Waals surface area (Å²) in [5.41, 5.74) is 6.74. The number of ether oxygens (including phenoxy) is 2. The molecule has 8 rings (SSSR count). The Bertz CT molecular complexity index is 2530. The molecule has 2 fully saturated rings. The van der Waals surface area contributed by atoms with Gasteiger partial charge in [-0.05, 0) is 89.4 Å². The van der Waals surface area contributed by atoms with Gasteiger partial charge in [0.25, 0.3) is 17.6 Å². The van der Waals surface area contributed by atoms with E-state index in [0.717, 1.165) is 81.7 Å². The average Bonchev–Trinajstić information content (AvgIpc) is 4.14. The number of imidazole rings is 2. The van der Waals surface area contributed by atoms with E-state index in [-0.39, 0.29) is 29.8 Å². The highest BCUT2D eigenvalue weighted by Crippen LogP contribution is 2.35. The molecule has 0 bridgehead atoms. The lowest BCUT2D eigenvalue weighted by molar-refractivity contribution is -0.393. The van der Waals surface area contributed by atoms with Crippen molar-refractivity contribution in [2.45, 2.75) is 63.7 Å². The van der Waals surface area contributed by atoms with E-state index < -0.39 is 24.3 Å². The van der Waals surface area contributed by atoms with Crippen LogP contribution in [0.4, 0.5) is 9.59 Å². The van der Waals surface area contributed by atoms with E-state index >= 15 is 0 Å². The van der Waals surface area contributed by atoms with Crippen LogP contribution < -0.4 is 20.6 Å². The highest BCUT2D eigenvalue weighted by Gasteiger charge is 2.41. The minimum atomic E-state index is -0.866. The van der Waals surface area contributed by atoms with Gasteiger partial charge in [0.05, 0.1) is 14.2 Å². The molecule has 6 aromatic rings. The fourth-order valence-corrected chi connectivity index (χ4v) is 8.65. The number of carbonyl (C=O) groups excluding carboxylic acids is 4. The van der Waals surface area contributed by atoms with Gasteiger partial charge in [-0.25, -0.2) is 29.5 Å². The van der Waals surface area contributed by atoms with Crippen molar-refractivity contribution in [3.05, 3.63) is 121 Å². The summed E-state index contributed by atoms with van der Waals surface area (Å²) in [5.74, 6) is 1.28. The molecule has 2 aromatic heterocycles. The smallest absolute Gasteiger partial charge is 0.407 e. The third-order valence-corrected chi connectivity index (χ3v) is 11.9. The van der Waals surface area contributed by atoms with Crippen molar-refractivity contribution in [1.82, 2.24) is 30.4 Å². The molecule has 6 N–H and O–H groups in total. The van der Waals surface area contributed by atoms with Gasteiger partial charge in [0, 0.05) is 24.2 Å². The summed E-state index contributed by atoms with van der Waals surface area (Å²) in [6.07, 6.45) is 5.91. The Balaban J connectivity index is 0.943. The van der Waals surface area contributed by atoms with Crippen LogP contribution in [0, 0.1) is 5.92 Å². The predicted molar refractivity (Wildman–Crippen MR) is 228 cm³/mol. The minimum absolute atomic E-state index is 0.0957. The Kier molecular flexibility index (Phi) is 11.9. The molecule has 0 aliphatic carbocycles. The van der Waals surface area contributed by atoms with E-state index in [0.29, 0.717) is 18.7 Å². The first-order chi connectivity index (χ1) is 29.6. The number of hydrogen-bond acceptors (Lipinski definition) is 6. The highest BCUT2D eigenvalue weighted by atomic mass is 16.5. The molecule has 314 valence electrons. The Morgan fingerprint density at radius 2 is 1.15 bits per heavy atom. The molecule has 0 saturated carbocycles. The molecule has 4 atom stereocenters. The summed E-state index contributed by atoms with van der Waals surface area (Å²) < 4.78 is 9.62. The Labute approximate surface area is 354 Å². The van der Waals surface area contributed by atoms with Gasteiger partial charge in [-0.15, -0.1) is 0 Å². The monoisotopic (exact) mass is 824 g/mol. The van der Waals surface area contributed by atoms with E-state index in [1.165, 1.54) is 14.2 Å². The Morgan fingerprint density at radius 1 is 0.639 bits per heavy atom. The first-order valence-electron chi connectivity index (χ1n) is 20.8. The van der Waals surface area contributed by atoms with Crippen LogP contribution >= 0.6 is 0 Å². The summed E-state index contributed by atoms with van der Waals surface area (Å²) in [6, 6.07) is 28.6. The van der Waals surface area contributed by atoms with Gasteiger partial charge in [-0.3, -0.25) is 9.59 Å². The number of amides is 4. The fourth-order valence-electron chi connectivity index (χ4n) is 8.65. The first-order valence-corrected chi connectivity index (χ1v) is 20.8. The van der Waals surface area contributed by atoms with Crippen LogP contribution in [0.1, 0.15) is 74.9 Å². The number of nitrogens with one attached hydrogen (secondary N) is 6. The second-order valence-electron chi connectivity index (χ2n) is 16.1. The lowest BCUT2D eigenvalue weighted by Crippen LogP contribution is -2.51.